The molecule has 0 radical (unpaired) electrons. The van der Waals surface area contributed by atoms with Crippen LogP contribution in [0, 0.1) is 5.41 Å². The molecule has 0 saturated heterocycles. The SMILES string of the molecule is CC1(C)c2ccccc2-c2ccc(N(c3ccc(-c4ccc5c(c4)oc4ccccc45)cc3)c3ccc(-c4cc5c(cc4-c4ccc6c(c4)C(C)(C)C(C)(C)C6(C)C)-c4ccccc4C5(C)C)cc3)cc21. The van der Waals surface area contributed by atoms with Gasteiger partial charge in [-0.3, -0.25) is 0 Å². The number of benzene rings is 9. The van der Waals surface area contributed by atoms with Crippen molar-refractivity contribution in [3.63, 3.8) is 0 Å². The molecule has 13 rings (SSSR count). The Morgan fingerprint density at radius 1 is 0.296 bits per heavy atom. The summed E-state index contributed by atoms with van der Waals surface area (Å²) in [6.45, 7) is 24.2. The summed E-state index contributed by atoms with van der Waals surface area (Å²) in [5, 5.41) is 2.29. The Morgan fingerprint density at radius 3 is 1.49 bits per heavy atom. The molecule has 1 heterocycles. The molecule has 1 aromatic heterocycles. The second-order valence-corrected chi connectivity index (χ2v) is 23.4. The highest BCUT2D eigenvalue weighted by Crippen LogP contribution is 2.62. The number of anilines is 3. The summed E-state index contributed by atoms with van der Waals surface area (Å²) in [5.41, 5.74) is 26.1. The van der Waals surface area contributed by atoms with Crippen LogP contribution in [0.4, 0.5) is 17.1 Å². The predicted octanol–water partition coefficient (Wildman–Crippen LogP) is 19.3. The lowest BCUT2D eigenvalue weighted by Gasteiger charge is -2.44. The Bertz CT molecular complexity index is 3830. The highest BCUT2D eigenvalue weighted by atomic mass is 16.3. The minimum Gasteiger partial charge on any atom is -0.456 e. The van der Waals surface area contributed by atoms with E-state index >= 15 is 0 Å². The molecule has 9 aromatic carbocycles. The summed E-state index contributed by atoms with van der Waals surface area (Å²) in [6, 6.07) is 70.7. The predicted molar refractivity (Wildman–Crippen MR) is 300 cm³/mol. The fraction of sp³-hybridized carbons (Fsp3) is 0.217. The van der Waals surface area contributed by atoms with Crippen LogP contribution in [-0.4, -0.2) is 0 Å². The van der Waals surface area contributed by atoms with E-state index in [-0.39, 0.29) is 27.1 Å². The number of para-hydroxylation sites is 1. The number of hydrogen-bond donors (Lipinski definition) is 0. The van der Waals surface area contributed by atoms with Crippen molar-refractivity contribution in [1.29, 1.82) is 0 Å². The lowest BCUT2D eigenvalue weighted by Crippen LogP contribution is -2.42. The maximum Gasteiger partial charge on any atom is 0.136 e. The van der Waals surface area contributed by atoms with Crippen LogP contribution in [0.5, 0.6) is 0 Å². The summed E-state index contributed by atoms with van der Waals surface area (Å²) in [5.74, 6) is 0. The number of rotatable bonds is 6. The summed E-state index contributed by atoms with van der Waals surface area (Å²) >= 11 is 0. The van der Waals surface area contributed by atoms with Crippen LogP contribution in [-0.2, 0) is 21.7 Å². The topological polar surface area (TPSA) is 16.4 Å². The van der Waals surface area contributed by atoms with Crippen LogP contribution in [0.2, 0.25) is 0 Å². The molecule has 71 heavy (non-hydrogen) atoms. The van der Waals surface area contributed by atoms with Gasteiger partial charge in [0.15, 0.2) is 0 Å². The highest BCUT2D eigenvalue weighted by molar-refractivity contribution is 6.06. The summed E-state index contributed by atoms with van der Waals surface area (Å²) in [6.07, 6.45) is 0. The van der Waals surface area contributed by atoms with Crippen molar-refractivity contribution in [2.45, 2.75) is 90.9 Å². The second kappa shape index (κ2) is 14.8. The van der Waals surface area contributed by atoms with Crippen molar-refractivity contribution in [3.05, 3.63) is 221 Å². The first-order chi connectivity index (χ1) is 34.0. The van der Waals surface area contributed by atoms with E-state index in [1.807, 2.05) is 12.1 Å². The van der Waals surface area contributed by atoms with E-state index < -0.39 is 0 Å². The van der Waals surface area contributed by atoms with Crippen LogP contribution in [0.3, 0.4) is 0 Å². The third kappa shape index (κ3) is 6.07. The quantitative estimate of drug-likeness (QED) is 0.165. The van der Waals surface area contributed by atoms with E-state index in [2.05, 4.69) is 250 Å². The van der Waals surface area contributed by atoms with E-state index in [9.17, 15) is 0 Å². The van der Waals surface area contributed by atoms with Crippen molar-refractivity contribution >= 4 is 39.0 Å². The van der Waals surface area contributed by atoms with Gasteiger partial charge in [-0.15, -0.1) is 0 Å². The van der Waals surface area contributed by atoms with Gasteiger partial charge in [-0.05, 0) is 172 Å². The van der Waals surface area contributed by atoms with Gasteiger partial charge >= 0.3 is 0 Å². The molecule has 0 aliphatic heterocycles. The lowest BCUT2D eigenvalue weighted by molar-refractivity contribution is 0.125. The fourth-order valence-electron chi connectivity index (χ4n) is 13.2. The highest BCUT2D eigenvalue weighted by Gasteiger charge is 2.56. The lowest BCUT2D eigenvalue weighted by atomic mass is 9.59. The van der Waals surface area contributed by atoms with Gasteiger partial charge in [0.1, 0.15) is 11.2 Å². The average molecular weight is 920 g/mol. The van der Waals surface area contributed by atoms with Crippen molar-refractivity contribution in [2.24, 2.45) is 5.41 Å². The van der Waals surface area contributed by atoms with Crippen LogP contribution >= 0.6 is 0 Å². The summed E-state index contributed by atoms with van der Waals surface area (Å²) in [7, 11) is 0. The van der Waals surface area contributed by atoms with E-state index in [0.29, 0.717) is 0 Å². The first-order valence-corrected chi connectivity index (χ1v) is 25.6. The molecule has 2 heteroatoms. The Balaban J connectivity index is 0.948. The van der Waals surface area contributed by atoms with Crippen molar-refractivity contribution < 1.29 is 4.42 Å². The molecule has 0 atom stereocenters. The zero-order valence-electron chi connectivity index (χ0n) is 42.8. The zero-order valence-corrected chi connectivity index (χ0v) is 42.8. The van der Waals surface area contributed by atoms with Crippen LogP contribution in [0.1, 0.15) is 103 Å². The van der Waals surface area contributed by atoms with Gasteiger partial charge in [-0.2, -0.15) is 0 Å². The molecule has 10 aromatic rings. The Kier molecular flexibility index (Phi) is 9.09. The standard InChI is InChI=1S/C69H61NO/c1-65(2)57-20-14-11-17-49(57)51-35-33-48(39-60(51)65)70(46-29-23-42(24-30-46)44-27-34-53-52-19-13-16-22-63(52)71-64(53)38-44)47-31-25-43(26-32-47)55-41-61-56(50-18-12-15-21-58(50)66(61,3)4)40-54(55)45-28-36-59-62(37-45)68(7,8)69(9,10)67(59,5)6/h11-41H,1-10H3. The van der Waals surface area contributed by atoms with Crippen molar-refractivity contribution in [3.8, 4) is 55.6 Å². The van der Waals surface area contributed by atoms with Gasteiger partial charge in [0.25, 0.3) is 0 Å². The Morgan fingerprint density at radius 2 is 0.803 bits per heavy atom. The monoisotopic (exact) mass is 919 g/mol. The molecule has 348 valence electrons. The second-order valence-electron chi connectivity index (χ2n) is 23.4. The number of nitrogens with zero attached hydrogens (tertiary/aromatic N) is 1. The van der Waals surface area contributed by atoms with E-state index in [1.165, 1.54) is 77.9 Å². The van der Waals surface area contributed by atoms with Gasteiger partial charge in [-0.1, -0.05) is 191 Å². The minimum absolute atomic E-state index is 0.00563. The molecular weight excluding hydrogens is 859 g/mol. The smallest absolute Gasteiger partial charge is 0.136 e. The molecule has 3 aliphatic carbocycles. The molecular formula is C69H61NO. The van der Waals surface area contributed by atoms with E-state index in [4.69, 9.17) is 4.42 Å². The molecule has 0 amide bonds. The molecule has 0 unspecified atom stereocenters. The number of furan rings is 1. The third-order valence-corrected chi connectivity index (χ3v) is 18.6. The molecule has 0 fully saturated rings. The molecule has 0 N–H and O–H groups in total. The first kappa shape index (κ1) is 43.6. The van der Waals surface area contributed by atoms with Crippen LogP contribution in [0.25, 0.3) is 77.6 Å². The summed E-state index contributed by atoms with van der Waals surface area (Å²) in [4.78, 5) is 2.44. The molecule has 0 saturated carbocycles. The van der Waals surface area contributed by atoms with Gasteiger partial charge in [0.2, 0.25) is 0 Å². The maximum absolute atomic E-state index is 6.32. The summed E-state index contributed by atoms with van der Waals surface area (Å²) < 4.78 is 6.32. The normalized spacial score (nSPS) is 16.9. The van der Waals surface area contributed by atoms with E-state index in [1.54, 1.807) is 0 Å². The fourth-order valence-corrected chi connectivity index (χ4v) is 13.2. The Labute approximate surface area is 419 Å². The maximum atomic E-state index is 6.32. The largest absolute Gasteiger partial charge is 0.456 e. The third-order valence-electron chi connectivity index (χ3n) is 18.6. The van der Waals surface area contributed by atoms with Gasteiger partial charge in [0, 0.05) is 38.7 Å². The number of hydrogen-bond acceptors (Lipinski definition) is 2. The van der Waals surface area contributed by atoms with Gasteiger partial charge < -0.3 is 9.32 Å². The van der Waals surface area contributed by atoms with Crippen LogP contribution < -0.4 is 4.90 Å². The van der Waals surface area contributed by atoms with Gasteiger partial charge in [0.05, 0.1) is 0 Å². The Hall–Kier alpha value is -7.42. The average Bonchev–Trinajstić information content (AvgIpc) is 3.97. The molecule has 3 aliphatic rings. The minimum atomic E-state index is -0.133. The molecule has 0 spiro atoms. The van der Waals surface area contributed by atoms with Crippen molar-refractivity contribution in [1.82, 2.24) is 0 Å². The van der Waals surface area contributed by atoms with Crippen molar-refractivity contribution in [2.75, 3.05) is 4.90 Å². The molecule has 2 nitrogen and oxygen atoms in total. The zero-order chi connectivity index (χ0) is 49.0. The van der Waals surface area contributed by atoms with Gasteiger partial charge in [-0.25, -0.2) is 0 Å². The van der Waals surface area contributed by atoms with Crippen LogP contribution in [0.15, 0.2) is 192 Å². The molecule has 0 bridgehead atoms. The van der Waals surface area contributed by atoms with E-state index in [0.717, 1.165) is 50.1 Å². The first-order valence-electron chi connectivity index (χ1n) is 25.6. The number of fused-ring (bicyclic) bond motifs is 10.